The fraction of sp³-hybridized carbons (Fsp3) is 0.385. The van der Waals surface area contributed by atoms with Gasteiger partial charge < -0.3 is 9.84 Å². The molecular weight excluding hydrogens is 500 g/mol. The van der Waals surface area contributed by atoms with Crippen LogP contribution in [0.4, 0.5) is 0 Å². The van der Waals surface area contributed by atoms with Crippen molar-refractivity contribution < 1.29 is 9.84 Å². The van der Waals surface area contributed by atoms with Gasteiger partial charge in [0.05, 0.1) is 0 Å². The quantitative estimate of drug-likeness (QED) is 0.298. The van der Waals surface area contributed by atoms with Crippen molar-refractivity contribution in [3.05, 3.63) is 122 Å². The van der Waals surface area contributed by atoms with Gasteiger partial charge in [0, 0.05) is 18.9 Å². The molecule has 0 radical (unpaired) electrons. The summed E-state index contributed by atoms with van der Waals surface area (Å²) in [6.45, 7) is 22.1. The highest BCUT2D eigenvalue weighted by atomic mass is 16.5. The van der Waals surface area contributed by atoms with Crippen LogP contribution in [0.3, 0.4) is 0 Å². The topological polar surface area (TPSA) is 29.5 Å². The molecule has 0 bridgehead atoms. The molecule has 0 saturated heterocycles. The summed E-state index contributed by atoms with van der Waals surface area (Å²) in [5.41, 5.74) is 14.1. The molecule has 2 aromatic carbocycles. The van der Waals surface area contributed by atoms with E-state index < -0.39 is 5.60 Å². The zero-order valence-corrected chi connectivity index (χ0v) is 27.0. The summed E-state index contributed by atoms with van der Waals surface area (Å²) in [6.07, 6.45) is 10.6. The van der Waals surface area contributed by atoms with Crippen LogP contribution in [0.25, 0.3) is 11.6 Å². The van der Waals surface area contributed by atoms with Crippen molar-refractivity contribution in [2.45, 2.75) is 87.7 Å². The first-order valence-corrected chi connectivity index (χ1v) is 15.0. The minimum Gasteiger partial charge on any atom is -0.488 e. The lowest BCUT2D eigenvalue weighted by atomic mass is 9.76. The summed E-state index contributed by atoms with van der Waals surface area (Å²) in [5, 5.41) is 9.26. The highest BCUT2D eigenvalue weighted by molar-refractivity contribution is 5.86. The molecule has 3 rings (SSSR count). The van der Waals surface area contributed by atoms with Crippen LogP contribution in [-0.4, -0.2) is 17.3 Å². The lowest BCUT2D eigenvalue weighted by Gasteiger charge is -2.29. The molecule has 1 aliphatic rings. The largest absolute Gasteiger partial charge is 0.488 e. The number of aliphatic hydroxyl groups is 1. The fourth-order valence-electron chi connectivity index (χ4n) is 5.52. The Hall–Kier alpha value is -3.36. The van der Waals surface area contributed by atoms with Gasteiger partial charge in [0.1, 0.15) is 11.4 Å². The third-order valence-corrected chi connectivity index (χ3v) is 8.42. The van der Waals surface area contributed by atoms with Crippen LogP contribution in [0.5, 0.6) is 5.75 Å². The maximum absolute atomic E-state index is 9.26. The zero-order valence-electron chi connectivity index (χ0n) is 27.0. The summed E-state index contributed by atoms with van der Waals surface area (Å²) in [6, 6.07) is 17.3. The first-order chi connectivity index (χ1) is 19.4. The second-order valence-electron chi connectivity index (χ2n) is 12.2. The maximum atomic E-state index is 9.26. The monoisotopic (exact) mass is 550 g/mol. The molecule has 0 aromatic heterocycles. The molecule has 0 heterocycles. The predicted octanol–water partition coefficient (Wildman–Crippen LogP) is 10.5. The van der Waals surface area contributed by atoms with E-state index in [1.165, 1.54) is 55.7 Å². The molecule has 1 N–H and O–H groups in total. The Morgan fingerprint density at radius 3 is 2.17 bits per heavy atom. The molecule has 1 aliphatic carbocycles. The molecule has 2 nitrogen and oxygen atoms in total. The Labute approximate surface area is 249 Å². The molecule has 218 valence electrons. The van der Waals surface area contributed by atoms with Gasteiger partial charge in [-0.05, 0) is 118 Å². The molecule has 1 atom stereocenters. The van der Waals surface area contributed by atoms with Gasteiger partial charge in [0.25, 0.3) is 0 Å². The second-order valence-corrected chi connectivity index (χ2v) is 12.2. The average Bonchev–Trinajstić information content (AvgIpc) is 2.93. The number of allylic oxidation sites excluding steroid dienone is 11. The van der Waals surface area contributed by atoms with E-state index >= 15 is 0 Å². The second kappa shape index (κ2) is 14.0. The molecule has 0 saturated carbocycles. The normalized spacial score (nSPS) is 18.5. The standard InChI is InChI=1S/C39H50O2/c1-11-33-14-18-35(19-15-33)38(37-29(5)25-28(4)30(6)32(37)8)31(7)27(3)24-26(2)12-13-34-16-20-36(21-17-34)41-39(9,10)22-23-40/h12-21,24-25,32,40H,11,22-23H2,1-10H3. The minimum absolute atomic E-state index is 0.113. The molecule has 0 aliphatic heterocycles. The van der Waals surface area contributed by atoms with E-state index in [0.29, 0.717) is 12.3 Å². The third kappa shape index (κ3) is 8.33. The van der Waals surface area contributed by atoms with Crippen molar-refractivity contribution in [1.29, 1.82) is 0 Å². The predicted molar refractivity (Wildman–Crippen MR) is 178 cm³/mol. The maximum Gasteiger partial charge on any atom is 0.120 e. The van der Waals surface area contributed by atoms with Gasteiger partial charge in [-0.25, -0.2) is 0 Å². The highest BCUT2D eigenvalue weighted by Gasteiger charge is 2.24. The summed E-state index contributed by atoms with van der Waals surface area (Å²) in [7, 11) is 0. The number of ether oxygens (including phenoxy) is 1. The van der Waals surface area contributed by atoms with Gasteiger partial charge in [0.2, 0.25) is 0 Å². The number of hydrogen-bond donors (Lipinski definition) is 1. The van der Waals surface area contributed by atoms with Crippen molar-refractivity contribution >= 4 is 11.6 Å². The van der Waals surface area contributed by atoms with E-state index in [1.807, 2.05) is 26.0 Å². The fourth-order valence-corrected chi connectivity index (χ4v) is 5.52. The van der Waals surface area contributed by atoms with Crippen molar-refractivity contribution in [3.63, 3.8) is 0 Å². The van der Waals surface area contributed by atoms with Crippen LogP contribution >= 0.6 is 0 Å². The number of hydrogen-bond acceptors (Lipinski definition) is 2. The Kier molecular flexibility index (Phi) is 11.0. The van der Waals surface area contributed by atoms with Gasteiger partial charge in [-0.15, -0.1) is 0 Å². The molecule has 0 spiro atoms. The Balaban J connectivity index is 1.95. The van der Waals surface area contributed by atoms with E-state index in [0.717, 1.165) is 17.7 Å². The van der Waals surface area contributed by atoms with Crippen LogP contribution < -0.4 is 4.74 Å². The molecular formula is C39H50O2. The smallest absolute Gasteiger partial charge is 0.120 e. The summed E-state index contributed by atoms with van der Waals surface area (Å²) >= 11 is 0. The molecule has 2 heteroatoms. The van der Waals surface area contributed by atoms with Crippen molar-refractivity contribution in [3.8, 4) is 5.75 Å². The molecule has 0 amide bonds. The van der Waals surface area contributed by atoms with Crippen LogP contribution in [0.2, 0.25) is 0 Å². The lowest BCUT2D eigenvalue weighted by molar-refractivity contribution is 0.0765. The van der Waals surface area contributed by atoms with E-state index in [2.05, 4.69) is 116 Å². The van der Waals surface area contributed by atoms with E-state index in [-0.39, 0.29) is 6.61 Å². The Bertz CT molecular complexity index is 1400. The van der Waals surface area contributed by atoms with E-state index in [4.69, 9.17) is 4.74 Å². The summed E-state index contributed by atoms with van der Waals surface area (Å²) < 4.78 is 6.04. The number of aryl methyl sites for hydroxylation is 1. The van der Waals surface area contributed by atoms with E-state index in [1.54, 1.807) is 0 Å². The first-order valence-electron chi connectivity index (χ1n) is 15.0. The summed E-state index contributed by atoms with van der Waals surface area (Å²) in [5.74, 6) is 1.19. The zero-order chi connectivity index (χ0) is 30.3. The van der Waals surface area contributed by atoms with Crippen LogP contribution in [0.15, 0.2) is 106 Å². The SMILES string of the molecule is CCc1ccc(C(C(C)=C(C)C=C(C)C=Cc2ccc(OC(C)(C)CCO)cc2)=C2C(C)=CC(C)=C(C)C2C)cc1. The Morgan fingerprint density at radius 2 is 1.59 bits per heavy atom. The summed E-state index contributed by atoms with van der Waals surface area (Å²) in [4.78, 5) is 0. The minimum atomic E-state index is -0.392. The van der Waals surface area contributed by atoms with Crippen LogP contribution in [-0.2, 0) is 6.42 Å². The van der Waals surface area contributed by atoms with E-state index in [9.17, 15) is 5.11 Å². The number of benzene rings is 2. The highest BCUT2D eigenvalue weighted by Crippen LogP contribution is 2.42. The van der Waals surface area contributed by atoms with Gasteiger partial charge in [-0.2, -0.15) is 0 Å². The van der Waals surface area contributed by atoms with Gasteiger partial charge in [-0.1, -0.05) is 91.3 Å². The molecule has 41 heavy (non-hydrogen) atoms. The van der Waals surface area contributed by atoms with Crippen molar-refractivity contribution in [2.75, 3.05) is 6.61 Å². The van der Waals surface area contributed by atoms with Crippen LogP contribution in [0.1, 0.15) is 92.3 Å². The first kappa shape index (κ1) is 32.2. The van der Waals surface area contributed by atoms with Crippen LogP contribution in [0, 0.1) is 5.92 Å². The average molecular weight is 551 g/mol. The molecule has 2 aromatic rings. The van der Waals surface area contributed by atoms with Crippen molar-refractivity contribution in [1.82, 2.24) is 0 Å². The lowest BCUT2D eigenvalue weighted by Crippen LogP contribution is -2.29. The van der Waals surface area contributed by atoms with Gasteiger partial charge in [-0.3, -0.25) is 0 Å². The van der Waals surface area contributed by atoms with Gasteiger partial charge >= 0.3 is 0 Å². The Morgan fingerprint density at radius 1 is 0.951 bits per heavy atom. The van der Waals surface area contributed by atoms with Crippen molar-refractivity contribution in [2.24, 2.45) is 5.92 Å². The molecule has 1 unspecified atom stereocenters. The third-order valence-electron chi connectivity index (χ3n) is 8.42. The number of aliphatic hydroxyl groups excluding tert-OH is 1. The number of rotatable bonds is 10. The van der Waals surface area contributed by atoms with Gasteiger partial charge in [0.15, 0.2) is 0 Å². The molecule has 0 fully saturated rings.